The number of nitrogens with zero attached hydrogens (tertiary/aromatic N) is 3. The van der Waals surface area contributed by atoms with Gasteiger partial charge in [0, 0.05) is 5.69 Å². The number of nitriles is 1. The van der Waals surface area contributed by atoms with Gasteiger partial charge >= 0.3 is 0 Å². The molecule has 26 heavy (non-hydrogen) atoms. The molecule has 0 saturated heterocycles. The second kappa shape index (κ2) is 8.24. The van der Waals surface area contributed by atoms with Crippen molar-refractivity contribution in [2.24, 2.45) is 5.10 Å². The Morgan fingerprint density at radius 3 is 2.73 bits per heavy atom. The van der Waals surface area contributed by atoms with Crippen LogP contribution in [0.25, 0.3) is 0 Å². The van der Waals surface area contributed by atoms with Crippen molar-refractivity contribution in [3.8, 4) is 29.9 Å². The molecule has 0 saturated carbocycles. The van der Waals surface area contributed by atoms with Crippen LogP contribution in [-0.4, -0.2) is 24.6 Å². The molecule has 7 heteroatoms. The summed E-state index contributed by atoms with van der Waals surface area (Å²) >= 11 is 6.21. The van der Waals surface area contributed by atoms with Gasteiger partial charge < -0.3 is 9.47 Å². The van der Waals surface area contributed by atoms with Gasteiger partial charge in [0.05, 0.1) is 18.3 Å². The standard InChI is InChI=1S/C19H16ClN3O3/c1-5-6-26-18-16(20)8-14(9-17(18)25-4)11-22-23-13(3)7-12(2)15(10-21)19(23)24/h1,7-9,11H,6H2,2-4H3. The van der Waals surface area contributed by atoms with Crippen molar-refractivity contribution in [3.05, 3.63) is 56.0 Å². The van der Waals surface area contributed by atoms with E-state index in [1.807, 2.05) is 6.07 Å². The summed E-state index contributed by atoms with van der Waals surface area (Å²) in [5.41, 5.74) is 1.39. The number of hydrogen-bond donors (Lipinski definition) is 0. The molecule has 0 aliphatic carbocycles. The number of aromatic nitrogens is 1. The van der Waals surface area contributed by atoms with E-state index >= 15 is 0 Å². The third-order valence-corrected chi connectivity index (χ3v) is 3.83. The zero-order valence-corrected chi connectivity index (χ0v) is 15.3. The summed E-state index contributed by atoms with van der Waals surface area (Å²) in [6.07, 6.45) is 6.64. The molecule has 0 bridgehead atoms. The molecule has 2 rings (SSSR count). The summed E-state index contributed by atoms with van der Waals surface area (Å²) in [7, 11) is 1.48. The first-order valence-corrected chi connectivity index (χ1v) is 7.92. The van der Waals surface area contributed by atoms with Crippen LogP contribution in [0.4, 0.5) is 0 Å². The summed E-state index contributed by atoms with van der Waals surface area (Å²) < 4.78 is 11.8. The second-order valence-corrected chi connectivity index (χ2v) is 5.75. The Balaban J connectivity index is 2.47. The Kier molecular flexibility index (Phi) is 6.06. The Labute approximate surface area is 156 Å². The molecule has 0 fully saturated rings. The normalized spacial score (nSPS) is 10.4. The van der Waals surface area contributed by atoms with Gasteiger partial charge in [-0.05, 0) is 43.2 Å². The Bertz CT molecular complexity index is 1010. The van der Waals surface area contributed by atoms with Gasteiger partial charge in [0.2, 0.25) is 0 Å². The van der Waals surface area contributed by atoms with E-state index in [4.69, 9.17) is 32.8 Å². The summed E-state index contributed by atoms with van der Waals surface area (Å²) in [5, 5.41) is 13.6. The average molecular weight is 370 g/mol. The van der Waals surface area contributed by atoms with E-state index in [-0.39, 0.29) is 12.2 Å². The van der Waals surface area contributed by atoms with E-state index in [1.165, 1.54) is 13.3 Å². The lowest BCUT2D eigenvalue weighted by atomic mass is 10.1. The van der Waals surface area contributed by atoms with Crippen molar-refractivity contribution in [2.45, 2.75) is 13.8 Å². The average Bonchev–Trinajstić information content (AvgIpc) is 2.60. The molecule has 0 aliphatic rings. The minimum atomic E-state index is -0.478. The smallest absolute Gasteiger partial charge is 0.289 e. The number of benzene rings is 1. The Morgan fingerprint density at radius 1 is 1.38 bits per heavy atom. The number of pyridine rings is 1. The summed E-state index contributed by atoms with van der Waals surface area (Å²) in [5.74, 6) is 3.08. The summed E-state index contributed by atoms with van der Waals surface area (Å²) in [6, 6.07) is 6.89. The van der Waals surface area contributed by atoms with Crippen molar-refractivity contribution in [3.63, 3.8) is 0 Å². The van der Waals surface area contributed by atoms with E-state index in [0.717, 1.165) is 4.68 Å². The first kappa shape index (κ1) is 19.1. The van der Waals surface area contributed by atoms with Gasteiger partial charge in [0.15, 0.2) is 11.5 Å². The van der Waals surface area contributed by atoms with Gasteiger partial charge in [0.1, 0.15) is 18.2 Å². The quantitative estimate of drug-likeness (QED) is 0.599. The van der Waals surface area contributed by atoms with Crippen molar-refractivity contribution >= 4 is 17.8 Å². The number of terminal acetylenes is 1. The fourth-order valence-electron chi connectivity index (χ4n) is 2.35. The van der Waals surface area contributed by atoms with Crippen LogP contribution >= 0.6 is 11.6 Å². The van der Waals surface area contributed by atoms with E-state index in [9.17, 15) is 4.79 Å². The molecule has 0 amide bonds. The minimum absolute atomic E-state index is 0.0540. The predicted molar refractivity (Wildman–Crippen MR) is 100 cm³/mol. The van der Waals surface area contributed by atoms with Crippen LogP contribution in [0.5, 0.6) is 11.5 Å². The number of rotatable bonds is 5. The topological polar surface area (TPSA) is 76.6 Å². The fourth-order valence-corrected chi connectivity index (χ4v) is 2.63. The van der Waals surface area contributed by atoms with Crippen LogP contribution in [0.3, 0.4) is 0 Å². The maximum Gasteiger partial charge on any atom is 0.289 e. The Morgan fingerprint density at radius 2 is 2.12 bits per heavy atom. The second-order valence-electron chi connectivity index (χ2n) is 5.34. The SMILES string of the molecule is C#CCOc1c(Cl)cc(C=Nn2c(C)cc(C)c(C#N)c2=O)cc1OC. The molecule has 0 aliphatic heterocycles. The molecule has 0 unspecified atom stereocenters. The summed E-state index contributed by atoms with van der Waals surface area (Å²) in [4.78, 5) is 12.4. The highest BCUT2D eigenvalue weighted by Crippen LogP contribution is 2.36. The predicted octanol–water partition coefficient (Wildman–Crippen LogP) is 2.89. The molecule has 0 atom stereocenters. The molecule has 1 aromatic carbocycles. The molecule has 1 aromatic heterocycles. The lowest BCUT2D eigenvalue weighted by Crippen LogP contribution is -2.22. The third-order valence-electron chi connectivity index (χ3n) is 3.55. The maximum atomic E-state index is 12.4. The van der Waals surface area contributed by atoms with Crippen LogP contribution in [0, 0.1) is 37.5 Å². The first-order valence-electron chi connectivity index (χ1n) is 7.54. The van der Waals surface area contributed by atoms with E-state index < -0.39 is 5.56 Å². The molecule has 1 heterocycles. The number of hydrogen-bond acceptors (Lipinski definition) is 5. The van der Waals surface area contributed by atoms with Crippen LogP contribution in [0.15, 0.2) is 28.1 Å². The van der Waals surface area contributed by atoms with Crippen molar-refractivity contribution in [1.82, 2.24) is 4.68 Å². The third kappa shape index (κ3) is 3.88. The lowest BCUT2D eigenvalue weighted by Gasteiger charge is -2.11. The molecular formula is C19H16ClN3O3. The Hall–Kier alpha value is -3.22. The van der Waals surface area contributed by atoms with Crippen LogP contribution in [0.2, 0.25) is 5.02 Å². The highest BCUT2D eigenvalue weighted by Gasteiger charge is 2.12. The van der Waals surface area contributed by atoms with E-state index in [0.29, 0.717) is 33.3 Å². The van der Waals surface area contributed by atoms with Crippen molar-refractivity contribution in [1.29, 1.82) is 5.26 Å². The van der Waals surface area contributed by atoms with Gasteiger partial charge in [-0.15, -0.1) is 6.42 Å². The van der Waals surface area contributed by atoms with Gasteiger partial charge in [-0.1, -0.05) is 17.5 Å². The highest BCUT2D eigenvalue weighted by molar-refractivity contribution is 6.32. The first-order chi connectivity index (χ1) is 12.4. The zero-order valence-electron chi connectivity index (χ0n) is 14.5. The molecule has 0 radical (unpaired) electrons. The van der Waals surface area contributed by atoms with Crippen LogP contribution in [0.1, 0.15) is 22.4 Å². The fraction of sp³-hybridized carbons (Fsp3) is 0.211. The number of methoxy groups -OCH3 is 1. The summed E-state index contributed by atoms with van der Waals surface area (Å²) in [6.45, 7) is 3.50. The molecule has 2 aromatic rings. The van der Waals surface area contributed by atoms with Crippen LogP contribution in [-0.2, 0) is 0 Å². The number of aryl methyl sites for hydroxylation is 2. The van der Waals surface area contributed by atoms with E-state index in [2.05, 4.69) is 11.0 Å². The van der Waals surface area contributed by atoms with Gasteiger partial charge in [0.25, 0.3) is 5.56 Å². The van der Waals surface area contributed by atoms with Crippen molar-refractivity contribution in [2.75, 3.05) is 13.7 Å². The van der Waals surface area contributed by atoms with Gasteiger partial charge in [-0.2, -0.15) is 10.4 Å². The van der Waals surface area contributed by atoms with Crippen LogP contribution < -0.4 is 15.0 Å². The maximum absolute atomic E-state index is 12.4. The van der Waals surface area contributed by atoms with Gasteiger partial charge in [-0.3, -0.25) is 4.79 Å². The van der Waals surface area contributed by atoms with Crippen molar-refractivity contribution < 1.29 is 9.47 Å². The highest BCUT2D eigenvalue weighted by atomic mass is 35.5. The number of halogens is 1. The minimum Gasteiger partial charge on any atom is -0.493 e. The molecule has 6 nitrogen and oxygen atoms in total. The molecule has 132 valence electrons. The monoisotopic (exact) mass is 369 g/mol. The van der Waals surface area contributed by atoms with Gasteiger partial charge in [-0.25, -0.2) is 4.68 Å². The van der Waals surface area contributed by atoms with E-state index in [1.54, 1.807) is 32.0 Å². The molecule has 0 N–H and O–H groups in total. The molecule has 0 spiro atoms. The zero-order chi connectivity index (χ0) is 19.3. The molecular weight excluding hydrogens is 354 g/mol. The number of ether oxygens (including phenoxy) is 2. The lowest BCUT2D eigenvalue weighted by molar-refractivity contribution is 0.331. The largest absolute Gasteiger partial charge is 0.493 e.